The van der Waals surface area contributed by atoms with Gasteiger partial charge < -0.3 is 10.4 Å². The lowest BCUT2D eigenvalue weighted by Crippen LogP contribution is -2.36. The molecule has 94 valence electrons. The van der Waals surface area contributed by atoms with Gasteiger partial charge in [0.1, 0.15) is 0 Å². The fraction of sp³-hybridized carbons (Fsp3) is 0.500. The second kappa shape index (κ2) is 6.32. The Balaban J connectivity index is 2.72. The molecule has 0 amide bonds. The van der Waals surface area contributed by atoms with Gasteiger partial charge in [0.25, 0.3) is 5.69 Å². The van der Waals surface area contributed by atoms with E-state index in [0.717, 1.165) is 0 Å². The first-order chi connectivity index (χ1) is 8.06. The third-order valence-corrected chi connectivity index (χ3v) is 2.74. The molecule has 0 aliphatic heterocycles. The lowest BCUT2D eigenvalue weighted by atomic mass is 10.0. The summed E-state index contributed by atoms with van der Waals surface area (Å²) in [5, 5.41) is 23.1. The van der Waals surface area contributed by atoms with Crippen molar-refractivity contribution in [2.45, 2.75) is 26.4 Å². The number of nitro groups is 1. The van der Waals surface area contributed by atoms with Crippen molar-refractivity contribution in [2.24, 2.45) is 5.92 Å². The Bertz CT molecular complexity index is 380. The van der Waals surface area contributed by atoms with E-state index in [9.17, 15) is 10.1 Å². The van der Waals surface area contributed by atoms with Gasteiger partial charge in [0.2, 0.25) is 0 Å². The van der Waals surface area contributed by atoms with E-state index in [1.54, 1.807) is 18.2 Å². The van der Waals surface area contributed by atoms with Crippen LogP contribution < -0.4 is 5.32 Å². The predicted molar refractivity (Wildman–Crippen MR) is 65.6 cm³/mol. The maximum Gasteiger partial charge on any atom is 0.273 e. The van der Waals surface area contributed by atoms with Crippen molar-refractivity contribution in [1.29, 1.82) is 0 Å². The molecule has 5 heteroatoms. The third-order valence-electron chi connectivity index (χ3n) is 2.74. The first-order valence-corrected chi connectivity index (χ1v) is 5.62. The van der Waals surface area contributed by atoms with Crippen molar-refractivity contribution in [3.05, 3.63) is 39.9 Å². The Labute approximate surface area is 101 Å². The lowest BCUT2D eigenvalue weighted by Gasteiger charge is -2.19. The van der Waals surface area contributed by atoms with Crippen LogP contribution in [0.25, 0.3) is 0 Å². The minimum Gasteiger partial charge on any atom is -0.395 e. The number of hydrogen-bond donors (Lipinski definition) is 2. The van der Waals surface area contributed by atoms with Gasteiger partial charge in [-0.15, -0.1) is 0 Å². The van der Waals surface area contributed by atoms with Crippen molar-refractivity contribution in [3.63, 3.8) is 0 Å². The summed E-state index contributed by atoms with van der Waals surface area (Å²) < 4.78 is 0. The van der Waals surface area contributed by atoms with E-state index in [-0.39, 0.29) is 29.2 Å². The van der Waals surface area contributed by atoms with Gasteiger partial charge in [-0.1, -0.05) is 32.0 Å². The molecule has 1 atom stereocenters. The summed E-state index contributed by atoms with van der Waals surface area (Å²) in [6, 6.07) is 6.58. The van der Waals surface area contributed by atoms with Gasteiger partial charge in [0.15, 0.2) is 0 Å². The molecule has 1 aromatic carbocycles. The molecule has 0 aliphatic carbocycles. The Morgan fingerprint density at radius 2 is 2.06 bits per heavy atom. The minimum atomic E-state index is -0.389. The van der Waals surface area contributed by atoms with Crippen LogP contribution in [0, 0.1) is 16.0 Å². The molecule has 0 unspecified atom stereocenters. The van der Waals surface area contributed by atoms with Crippen LogP contribution >= 0.6 is 0 Å². The summed E-state index contributed by atoms with van der Waals surface area (Å²) in [6.45, 7) is 4.40. The summed E-state index contributed by atoms with van der Waals surface area (Å²) in [6.07, 6.45) is 0. The maximum atomic E-state index is 10.8. The number of nitrogens with zero attached hydrogens (tertiary/aromatic N) is 1. The van der Waals surface area contributed by atoms with Crippen molar-refractivity contribution in [2.75, 3.05) is 6.61 Å². The van der Waals surface area contributed by atoms with Crippen LogP contribution in [0.2, 0.25) is 0 Å². The second-order valence-electron chi connectivity index (χ2n) is 4.30. The molecule has 17 heavy (non-hydrogen) atoms. The fourth-order valence-electron chi connectivity index (χ4n) is 1.59. The molecule has 0 bridgehead atoms. The Hall–Kier alpha value is -1.46. The summed E-state index contributed by atoms with van der Waals surface area (Å²) >= 11 is 0. The van der Waals surface area contributed by atoms with E-state index in [0.29, 0.717) is 12.1 Å². The number of aliphatic hydroxyl groups excluding tert-OH is 1. The molecular formula is C12H18N2O3. The van der Waals surface area contributed by atoms with Gasteiger partial charge in [0, 0.05) is 24.2 Å². The summed E-state index contributed by atoms with van der Waals surface area (Å²) in [5.41, 5.74) is 0.747. The topological polar surface area (TPSA) is 75.4 Å². The van der Waals surface area contributed by atoms with Crippen LogP contribution in [-0.2, 0) is 6.54 Å². The first-order valence-electron chi connectivity index (χ1n) is 5.62. The number of para-hydroxylation sites is 1. The van der Waals surface area contributed by atoms with Gasteiger partial charge in [-0.3, -0.25) is 10.1 Å². The highest BCUT2D eigenvalue weighted by atomic mass is 16.6. The molecule has 0 fully saturated rings. The number of rotatable bonds is 6. The van der Waals surface area contributed by atoms with E-state index < -0.39 is 0 Å². The Morgan fingerprint density at radius 3 is 2.59 bits per heavy atom. The lowest BCUT2D eigenvalue weighted by molar-refractivity contribution is -0.385. The number of aliphatic hydroxyl groups is 1. The molecule has 0 radical (unpaired) electrons. The van der Waals surface area contributed by atoms with Gasteiger partial charge in [0.05, 0.1) is 11.5 Å². The quantitative estimate of drug-likeness (QED) is 0.584. The van der Waals surface area contributed by atoms with Gasteiger partial charge in [-0.25, -0.2) is 0 Å². The van der Waals surface area contributed by atoms with Crippen molar-refractivity contribution >= 4 is 5.69 Å². The summed E-state index contributed by atoms with van der Waals surface area (Å²) in [7, 11) is 0. The summed E-state index contributed by atoms with van der Waals surface area (Å²) in [4.78, 5) is 10.4. The van der Waals surface area contributed by atoms with Crippen LogP contribution in [0.15, 0.2) is 24.3 Å². The van der Waals surface area contributed by atoms with E-state index >= 15 is 0 Å². The highest BCUT2D eigenvalue weighted by Gasteiger charge is 2.15. The molecular weight excluding hydrogens is 220 g/mol. The zero-order chi connectivity index (χ0) is 12.8. The number of nitro benzene ring substituents is 1. The molecule has 0 aromatic heterocycles. The molecule has 5 nitrogen and oxygen atoms in total. The van der Waals surface area contributed by atoms with Crippen molar-refractivity contribution in [3.8, 4) is 0 Å². The van der Waals surface area contributed by atoms with Gasteiger partial charge in [-0.2, -0.15) is 0 Å². The van der Waals surface area contributed by atoms with Crippen LogP contribution in [0.4, 0.5) is 5.69 Å². The fourth-order valence-corrected chi connectivity index (χ4v) is 1.59. The largest absolute Gasteiger partial charge is 0.395 e. The molecule has 0 spiro atoms. The number of benzene rings is 1. The summed E-state index contributed by atoms with van der Waals surface area (Å²) in [5.74, 6) is 0.280. The van der Waals surface area contributed by atoms with E-state index in [4.69, 9.17) is 5.11 Å². The van der Waals surface area contributed by atoms with Crippen molar-refractivity contribution < 1.29 is 10.0 Å². The minimum absolute atomic E-state index is 0.0261. The molecule has 0 saturated heterocycles. The zero-order valence-corrected chi connectivity index (χ0v) is 10.1. The Morgan fingerprint density at radius 1 is 1.41 bits per heavy atom. The average molecular weight is 238 g/mol. The van der Waals surface area contributed by atoms with E-state index in [1.807, 2.05) is 13.8 Å². The monoisotopic (exact) mass is 238 g/mol. The van der Waals surface area contributed by atoms with E-state index in [1.165, 1.54) is 6.07 Å². The number of nitrogens with one attached hydrogen (secondary N) is 1. The van der Waals surface area contributed by atoms with Crippen LogP contribution in [0.5, 0.6) is 0 Å². The number of hydrogen-bond acceptors (Lipinski definition) is 4. The van der Waals surface area contributed by atoms with Crippen LogP contribution in [-0.4, -0.2) is 22.7 Å². The van der Waals surface area contributed by atoms with Gasteiger partial charge in [-0.05, 0) is 5.92 Å². The van der Waals surface area contributed by atoms with Gasteiger partial charge >= 0.3 is 0 Å². The van der Waals surface area contributed by atoms with Crippen LogP contribution in [0.3, 0.4) is 0 Å². The first kappa shape index (κ1) is 13.6. The third kappa shape index (κ3) is 3.80. The molecule has 1 rings (SSSR count). The average Bonchev–Trinajstić information content (AvgIpc) is 2.29. The van der Waals surface area contributed by atoms with Crippen molar-refractivity contribution in [1.82, 2.24) is 5.32 Å². The second-order valence-corrected chi connectivity index (χ2v) is 4.30. The maximum absolute atomic E-state index is 10.8. The predicted octanol–water partition coefficient (Wildman–Crippen LogP) is 1.70. The normalized spacial score (nSPS) is 12.7. The highest BCUT2D eigenvalue weighted by Crippen LogP contribution is 2.17. The van der Waals surface area contributed by atoms with E-state index in [2.05, 4.69) is 5.32 Å². The molecule has 0 aliphatic rings. The standard InChI is InChI=1S/C12H18N2O3/c1-9(2)11(8-15)13-7-10-5-3-4-6-12(10)14(16)17/h3-6,9,11,13,15H,7-8H2,1-2H3/t11-/m1/s1. The van der Waals surface area contributed by atoms with Crippen LogP contribution in [0.1, 0.15) is 19.4 Å². The Kier molecular flexibility index (Phi) is 5.06. The highest BCUT2D eigenvalue weighted by molar-refractivity contribution is 5.39. The zero-order valence-electron chi connectivity index (χ0n) is 10.1. The molecule has 1 aromatic rings. The SMILES string of the molecule is CC(C)[C@@H](CO)NCc1ccccc1[N+](=O)[O-]. The molecule has 0 saturated carbocycles. The molecule has 2 N–H and O–H groups in total. The smallest absolute Gasteiger partial charge is 0.273 e. The molecule has 0 heterocycles.